The van der Waals surface area contributed by atoms with Crippen molar-refractivity contribution >= 4 is 15.8 Å². The van der Waals surface area contributed by atoms with Crippen molar-refractivity contribution in [2.45, 2.75) is 18.7 Å². The van der Waals surface area contributed by atoms with Crippen LogP contribution < -0.4 is 4.74 Å². The van der Waals surface area contributed by atoms with Crippen LogP contribution in [-0.2, 0) is 19.4 Å². The van der Waals surface area contributed by atoms with Gasteiger partial charge in [0.2, 0.25) is 0 Å². The van der Waals surface area contributed by atoms with E-state index in [2.05, 4.69) is 4.74 Å². The largest absolute Gasteiger partial charge is 0.468 e. The first-order valence-corrected chi connectivity index (χ1v) is 8.79. The zero-order valence-corrected chi connectivity index (χ0v) is 14.2. The molecule has 2 aromatic carbocycles. The fraction of sp³-hybridized carbons (Fsp3) is 0.235. The lowest BCUT2D eigenvalue weighted by atomic mass is 10.3. The summed E-state index contributed by atoms with van der Waals surface area (Å²) >= 11 is 0. The number of rotatable bonds is 5. The van der Waals surface area contributed by atoms with E-state index in [0.717, 1.165) is 7.11 Å². The van der Waals surface area contributed by atoms with Gasteiger partial charge in [0.25, 0.3) is 0 Å². The molecule has 0 saturated carbocycles. The number of sulfone groups is 1. The molecule has 23 heavy (non-hydrogen) atoms. The van der Waals surface area contributed by atoms with Gasteiger partial charge in [0.1, 0.15) is 11.5 Å². The van der Waals surface area contributed by atoms with Crippen molar-refractivity contribution in [1.82, 2.24) is 0 Å². The van der Waals surface area contributed by atoms with Crippen LogP contribution in [0.2, 0.25) is 0 Å². The van der Waals surface area contributed by atoms with Crippen molar-refractivity contribution in [3.63, 3.8) is 0 Å². The number of benzene rings is 2. The van der Waals surface area contributed by atoms with Gasteiger partial charge in [0.05, 0.1) is 12.0 Å². The molecule has 6 heteroatoms. The summed E-state index contributed by atoms with van der Waals surface area (Å²) in [7, 11) is -2.54. The average molecular weight is 336 g/mol. The molecule has 0 atom stereocenters. The summed E-state index contributed by atoms with van der Waals surface area (Å²) in [5, 5.41) is 0. The highest BCUT2D eigenvalue weighted by molar-refractivity contribution is 7.92. The standard InChI is InChI=1S/C15H14O5S.C2H6/c1-19-15(16)11-21(17,18)14-9-7-13(8-10-14)20-12-5-3-2-4-6-12;1-2/h2-10H,11H2,1H3;1-2H3. The van der Waals surface area contributed by atoms with E-state index in [9.17, 15) is 13.2 Å². The van der Waals surface area contributed by atoms with Gasteiger partial charge in [0, 0.05) is 0 Å². The molecule has 0 bridgehead atoms. The lowest BCUT2D eigenvalue weighted by Crippen LogP contribution is -2.17. The van der Waals surface area contributed by atoms with Gasteiger partial charge in [-0.1, -0.05) is 32.0 Å². The Morgan fingerprint density at radius 2 is 1.43 bits per heavy atom. The second-order valence-corrected chi connectivity index (χ2v) is 6.21. The van der Waals surface area contributed by atoms with Gasteiger partial charge in [-0.05, 0) is 36.4 Å². The first-order chi connectivity index (χ1) is 11.0. The van der Waals surface area contributed by atoms with Crippen LogP contribution in [0.1, 0.15) is 13.8 Å². The lowest BCUT2D eigenvalue weighted by molar-refractivity contribution is -0.137. The maximum absolute atomic E-state index is 11.9. The van der Waals surface area contributed by atoms with E-state index in [1.165, 1.54) is 24.3 Å². The third-order valence-electron chi connectivity index (χ3n) is 2.70. The van der Waals surface area contributed by atoms with Gasteiger partial charge in [-0.3, -0.25) is 4.79 Å². The predicted molar refractivity (Wildman–Crippen MR) is 88.4 cm³/mol. The summed E-state index contributed by atoms with van der Waals surface area (Å²) in [6.07, 6.45) is 0. The molecular formula is C17H20O5S. The minimum Gasteiger partial charge on any atom is -0.468 e. The molecule has 0 fully saturated rings. The summed E-state index contributed by atoms with van der Waals surface area (Å²) in [4.78, 5) is 11.1. The monoisotopic (exact) mass is 336 g/mol. The third kappa shape index (κ3) is 5.75. The third-order valence-corrected chi connectivity index (χ3v) is 4.30. The Labute approximate surface area is 136 Å². The highest BCUT2D eigenvalue weighted by Gasteiger charge is 2.19. The van der Waals surface area contributed by atoms with Crippen LogP contribution in [0.3, 0.4) is 0 Å². The molecule has 0 unspecified atom stereocenters. The van der Waals surface area contributed by atoms with Crippen LogP contribution in [0.25, 0.3) is 0 Å². The number of methoxy groups -OCH3 is 1. The molecule has 0 aliphatic rings. The first-order valence-electron chi connectivity index (χ1n) is 7.14. The molecule has 124 valence electrons. The van der Waals surface area contributed by atoms with Crippen molar-refractivity contribution in [2.75, 3.05) is 12.9 Å². The molecule has 5 nitrogen and oxygen atoms in total. The number of hydrogen-bond donors (Lipinski definition) is 0. The number of para-hydroxylation sites is 1. The Bertz CT molecular complexity index is 706. The Hall–Kier alpha value is -2.34. The summed E-state index contributed by atoms with van der Waals surface area (Å²) in [6.45, 7) is 4.00. The second-order valence-electron chi connectivity index (χ2n) is 4.22. The van der Waals surface area contributed by atoms with Gasteiger partial charge in [0.15, 0.2) is 15.6 Å². The quantitative estimate of drug-likeness (QED) is 0.782. The van der Waals surface area contributed by atoms with Crippen LogP contribution in [0.4, 0.5) is 0 Å². The lowest BCUT2D eigenvalue weighted by Gasteiger charge is -2.07. The molecule has 0 aromatic heterocycles. The molecule has 0 N–H and O–H groups in total. The summed E-state index contributed by atoms with van der Waals surface area (Å²) in [5.74, 6) is -0.303. The summed E-state index contributed by atoms with van der Waals surface area (Å²) in [6, 6.07) is 15.0. The van der Waals surface area contributed by atoms with E-state index in [4.69, 9.17) is 4.74 Å². The zero-order chi connectivity index (χ0) is 17.3. The van der Waals surface area contributed by atoms with Gasteiger partial charge in [-0.25, -0.2) is 8.42 Å². The Morgan fingerprint density at radius 3 is 1.96 bits per heavy atom. The first kappa shape index (κ1) is 18.7. The number of hydrogen-bond acceptors (Lipinski definition) is 5. The van der Waals surface area contributed by atoms with Crippen molar-refractivity contribution in [3.05, 3.63) is 54.6 Å². The van der Waals surface area contributed by atoms with E-state index in [-0.39, 0.29) is 4.90 Å². The van der Waals surface area contributed by atoms with Crippen LogP contribution in [-0.4, -0.2) is 27.2 Å². The topological polar surface area (TPSA) is 69.7 Å². The molecule has 0 heterocycles. The van der Waals surface area contributed by atoms with Gasteiger partial charge in [-0.15, -0.1) is 0 Å². The van der Waals surface area contributed by atoms with Gasteiger partial charge in [-0.2, -0.15) is 0 Å². The molecule has 0 aliphatic heterocycles. The maximum Gasteiger partial charge on any atom is 0.321 e. The van der Waals surface area contributed by atoms with Crippen LogP contribution in [0, 0.1) is 0 Å². The molecule has 0 radical (unpaired) electrons. The van der Waals surface area contributed by atoms with E-state index in [0.29, 0.717) is 11.5 Å². The normalized spacial score (nSPS) is 10.2. The van der Waals surface area contributed by atoms with E-state index < -0.39 is 21.6 Å². The molecule has 0 aliphatic carbocycles. The fourth-order valence-electron chi connectivity index (χ4n) is 1.64. The second kappa shape index (κ2) is 8.95. The van der Waals surface area contributed by atoms with Crippen molar-refractivity contribution in [3.8, 4) is 11.5 Å². The molecule has 0 spiro atoms. The predicted octanol–water partition coefficient (Wildman–Crippen LogP) is 3.45. The van der Waals surface area contributed by atoms with Crippen molar-refractivity contribution in [2.24, 2.45) is 0 Å². The minimum atomic E-state index is -3.69. The molecule has 2 rings (SSSR count). The summed E-state index contributed by atoms with van der Waals surface area (Å²) < 4.78 is 33.8. The van der Waals surface area contributed by atoms with Crippen molar-refractivity contribution < 1.29 is 22.7 Å². The van der Waals surface area contributed by atoms with Crippen LogP contribution >= 0.6 is 0 Å². The molecule has 0 amide bonds. The van der Waals surface area contributed by atoms with E-state index in [1.54, 1.807) is 12.1 Å². The number of carbonyl (C=O) groups is 1. The average Bonchev–Trinajstić information content (AvgIpc) is 2.57. The van der Waals surface area contributed by atoms with Crippen LogP contribution in [0.5, 0.6) is 11.5 Å². The minimum absolute atomic E-state index is 0.0494. The molecule has 0 saturated heterocycles. The SMILES string of the molecule is CC.COC(=O)CS(=O)(=O)c1ccc(Oc2ccccc2)cc1. The van der Waals surface area contributed by atoms with Gasteiger partial charge < -0.3 is 9.47 Å². The zero-order valence-electron chi connectivity index (χ0n) is 13.4. The van der Waals surface area contributed by atoms with Crippen molar-refractivity contribution in [1.29, 1.82) is 0 Å². The Kier molecular flexibility index (Phi) is 7.28. The highest BCUT2D eigenvalue weighted by atomic mass is 32.2. The fourth-order valence-corrected chi connectivity index (χ4v) is 2.78. The maximum atomic E-state index is 11.9. The molecule has 2 aromatic rings. The highest BCUT2D eigenvalue weighted by Crippen LogP contribution is 2.23. The Morgan fingerprint density at radius 1 is 0.913 bits per heavy atom. The number of ether oxygens (including phenoxy) is 2. The summed E-state index contributed by atoms with van der Waals surface area (Å²) in [5.41, 5.74) is 0. The van der Waals surface area contributed by atoms with E-state index in [1.807, 2.05) is 32.0 Å². The van der Waals surface area contributed by atoms with Crippen LogP contribution in [0.15, 0.2) is 59.5 Å². The van der Waals surface area contributed by atoms with Gasteiger partial charge >= 0.3 is 5.97 Å². The molecular weight excluding hydrogens is 316 g/mol. The number of esters is 1. The Balaban J connectivity index is 0.00000127. The van der Waals surface area contributed by atoms with E-state index >= 15 is 0 Å². The number of carbonyl (C=O) groups excluding carboxylic acids is 1. The smallest absolute Gasteiger partial charge is 0.321 e.